The van der Waals surface area contributed by atoms with Crippen LogP contribution in [0.25, 0.3) is 6.08 Å². The number of aromatic hydroxyl groups is 1. The van der Waals surface area contributed by atoms with E-state index >= 15 is 0 Å². The summed E-state index contributed by atoms with van der Waals surface area (Å²) in [5.41, 5.74) is 1.21. The van der Waals surface area contributed by atoms with Gasteiger partial charge in [-0.05, 0) is 42.4 Å². The molecule has 4 nitrogen and oxygen atoms in total. The Morgan fingerprint density at radius 1 is 1.08 bits per heavy atom. The molecule has 4 heteroatoms. The summed E-state index contributed by atoms with van der Waals surface area (Å²) >= 11 is 0. The number of nitrogens with one attached hydrogen (secondary N) is 1. The van der Waals surface area contributed by atoms with Gasteiger partial charge in [0, 0.05) is 18.9 Å². The molecule has 0 spiro atoms. The molecule has 2 aromatic carbocycles. The van der Waals surface area contributed by atoms with Crippen LogP contribution in [0.15, 0.2) is 60.7 Å². The largest absolute Gasteiger partial charge is 0.508 e. The Morgan fingerprint density at radius 2 is 1.83 bits per heavy atom. The Labute approximate surface area is 141 Å². The third-order valence-corrected chi connectivity index (χ3v) is 4.29. The van der Waals surface area contributed by atoms with Crippen molar-refractivity contribution in [2.45, 2.75) is 18.4 Å². The highest BCUT2D eigenvalue weighted by Crippen LogP contribution is 2.35. The molecule has 0 unspecified atom stereocenters. The van der Waals surface area contributed by atoms with Gasteiger partial charge in [-0.3, -0.25) is 0 Å². The number of rotatable bonds is 4. The molecule has 124 valence electrons. The summed E-state index contributed by atoms with van der Waals surface area (Å²) in [5, 5.41) is 12.8. The van der Waals surface area contributed by atoms with Crippen molar-refractivity contribution in [3.8, 4) is 5.75 Å². The first-order valence-corrected chi connectivity index (χ1v) is 8.14. The molecule has 2 aromatic rings. The molecular formula is C20H21NO3. The summed E-state index contributed by atoms with van der Waals surface area (Å²) in [7, 11) is 0. The second-order valence-corrected chi connectivity index (χ2v) is 5.96. The van der Waals surface area contributed by atoms with E-state index < -0.39 is 5.60 Å². The van der Waals surface area contributed by atoms with Gasteiger partial charge in [0.2, 0.25) is 0 Å². The molecule has 1 aliphatic rings. The molecule has 0 bridgehead atoms. The standard InChI is InChI=1S/C20H21NO3/c22-18-8-4-5-16(15-18)9-10-19(23)24-20(11-13-21-14-12-20)17-6-2-1-3-7-17/h1-10,15,21-22H,11-14H2/b10-9+. The van der Waals surface area contributed by atoms with E-state index in [-0.39, 0.29) is 11.7 Å². The zero-order chi connectivity index (χ0) is 16.8. The lowest BCUT2D eigenvalue weighted by atomic mass is 9.85. The molecule has 0 amide bonds. The highest BCUT2D eigenvalue weighted by atomic mass is 16.6. The highest BCUT2D eigenvalue weighted by molar-refractivity contribution is 5.87. The first-order chi connectivity index (χ1) is 11.7. The summed E-state index contributed by atoms with van der Waals surface area (Å²) in [6.45, 7) is 1.64. The predicted octanol–water partition coefficient (Wildman–Crippen LogP) is 3.23. The maximum absolute atomic E-state index is 12.4. The van der Waals surface area contributed by atoms with Gasteiger partial charge in [0.1, 0.15) is 11.4 Å². The molecule has 0 atom stereocenters. The van der Waals surface area contributed by atoms with Gasteiger partial charge in [0.25, 0.3) is 0 Å². The van der Waals surface area contributed by atoms with Gasteiger partial charge < -0.3 is 15.2 Å². The summed E-state index contributed by atoms with van der Waals surface area (Å²) in [6, 6.07) is 16.7. The molecule has 1 saturated heterocycles. The van der Waals surface area contributed by atoms with Gasteiger partial charge in [-0.1, -0.05) is 42.5 Å². The van der Waals surface area contributed by atoms with Crippen LogP contribution in [0.4, 0.5) is 0 Å². The number of phenolic OH excluding ortho intramolecular Hbond substituents is 1. The van der Waals surface area contributed by atoms with Crippen molar-refractivity contribution in [3.63, 3.8) is 0 Å². The second-order valence-electron chi connectivity index (χ2n) is 5.96. The van der Waals surface area contributed by atoms with Crippen LogP contribution in [0.3, 0.4) is 0 Å². The maximum Gasteiger partial charge on any atom is 0.331 e. The van der Waals surface area contributed by atoms with Gasteiger partial charge in [-0.25, -0.2) is 4.79 Å². The van der Waals surface area contributed by atoms with E-state index in [4.69, 9.17) is 4.74 Å². The Balaban J connectivity index is 1.76. The third kappa shape index (κ3) is 3.84. The summed E-state index contributed by atoms with van der Waals surface area (Å²) in [6.07, 6.45) is 4.58. The van der Waals surface area contributed by atoms with Crippen molar-refractivity contribution >= 4 is 12.0 Å². The first-order valence-electron chi connectivity index (χ1n) is 8.14. The summed E-state index contributed by atoms with van der Waals surface area (Å²) in [5.74, 6) is -0.200. The Bertz CT molecular complexity index is 719. The van der Waals surface area contributed by atoms with Crippen LogP contribution in [0.2, 0.25) is 0 Å². The number of hydrogen-bond acceptors (Lipinski definition) is 4. The molecule has 3 rings (SSSR count). The fourth-order valence-electron chi connectivity index (χ4n) is 3.04. The van der Waals surface area contributed by atoms with E-state index in [0.717, 1.165) is 37.1 Å². The van der Waals surface area contributed by atoms with E-state index in [1.807, 2.05) is 36.4 Å². The van der Waals surface area contributed by atoms with E-state index in [1.54, 1.807) is 24.3 Å². The number of carbonyl (C=O) groups excluding carboxylic acids is 1. The molecule has 0 saturated carbocycles. The molecule has 1 fully saturated rings. The maximum atomic E-state index is 12.4. The monoisotopic (exact) mass is 323 g/mol. The van der Waals surface area contributed by atoms with Crippen molar-refractivity contribution < 1.29 is 14.6 Å². The normalized spacial score (nSPS) is 16.8. The van der Waals surface area contributed by atoms with Crippen LogP contribution in [-0.4, -0.2) is 24.2 Å². The molecule has 24 heavy (non-hydrogen) atoms. The van der Waals surface area contributed by atoms with Crippen LogP contribution >= 0.6 is 0 Å². The fourth-order valence-corrected chi connectivity index (χ4v) is 3.04. The van der Waals surface area contributed by atoms with Crippen LogP contribution in [0.5, 0.6) is 5.75 Å². The molecule has 2 N–H and O–H groups in total. The van der Waals surface area contributed by atoms with E-state index in [1.165, 1.54) is 6.08 Å². The number of benzene rings is 2. The van der Waals surface area contributed by atoms with Crippen LogP contribution in [-0.2, 0) is 15.1 Å². The van der Waals surface area contributed by atoms with Crippen molar-refractivity contribution in [3.05, 3.63) is 71.8 Å². The van der Waals surface area contributed by atoms with Crippen LogP contribution < -0.4 is 5.32 Å². The second kappa shape index (κ2) is 7.32. The molecule has 1 aliphatic heterocycles. The van der Waals surface area contributed by atoms with Crippen molar-refractivity contribution in [1.82, 2.24) is 5.32 Å². The van der Waals surface area contributed by atoms with Gasteiger partial charge in [0.05, 0.1) is 0 Å². The van der Waals surface area contributed by atoms with Crippen LogP contribution in [0.1, 0.15) is 24.0 Å². The Kier molecular flexibility index (Phi) is 4.96. The average molecular weight is 323 g/mol. The minimum Gasteiger partial charge on any atom is -0.508 e. The quantitative estimate of drug-likeness (QED) is 0.670. The van der Waals surface area contributed by atoms with Crippen molar-refractivity contribution in [1.29, 1.82) is 0 Å². The Hall–Kier alpha value is -2.59. The zero-order valence-electron chi connectivity index (χ0n) is 13.4. The molecule has 0 radical (unpaired) electrons. The van der Waals surface area contributed by atoms with E-state index in [0.29, 0.717) is 0 Å². The van der Waals surface area contributed by atoms with Crippen LogP contribution in [0, 0.1) is 0 Å². The number of phenols is 1. The van der Waals surface area contributed by atoms with Crippen molar-refractivity contribution in [2.24, 2.45) is 0 Å². The van der Waals surface area contributed by atoms with Gasteiger partial charge in [0.15, 0.2) is 0 Å². The molecule has 0 aromatic heterocycles. The Morgan fingerprint density at radius 3 is 2.54 bits per heavy atom. The number of hydrogen-bond donors (Lipinski definition) is 2. The SMILES string of the molecule is O=C(/C=C/c1cccc(O)c1)OC1(c2ccccc2)CCNCC1. The van der Waals surface area contributed by atoms with Gasteiger partial charge in [-0.15, -0.1) is 0 Å². The molecular weight excluding hydrogens is 302 g/mol. The van der Waals surface area contributed by atoms with Gasteiger partial charge in [-0.2, -0.15) is 0 Å². The fraction of sp³-hybridized carbons (Fsp3) is 0.250. The third-order valence-electron chi connectivity index (χ3n) is 4.29. The predicted molar refractivity (Wildman–Crippen MR) is 93.5 cm³/mol. The lowest BCUT2D eigenvalue weighted by Gasteiger charge is -2.37. The topological polar surface area (TPSA) is 58.6 Å². The van der Waals surface area contributed by atoms with Crippen molar-refractivity contribution in [2.75, 3.05) is 13.1 Å². The van der Waals surface area contributed by atoms with Gasteiger partial charge >= 0.3 is 5.97 Å². The smallest absolute Gasteiger partial charge is 0.331 e. The summed E-state index contributed by atoms with van der Waals surface area (Å²) < 4.78 is 5.89. The minimum atomic E-state index is -0.577. The number of carbonyl (C=O) groups is 1. The number of ether oxygens (including phenoxy) is 1. The van der Waals surface area contributed by atoms with E-state index in [2.05, 4.69) is 5.32 Å². The number of piperidine rings is 1. The lowest BCUT2D eigenvalue weighted by molar-refractivity contribution is -0.157. The zero-order valence-corrected chi connectivity index (χ0v) is 13.4. The summed E-state index contributed by atoms with van der Waals surface area (Å²) in [4.78, 5) is 12.4. The average Bonchev–Trinajstić information content (AvgIpc) is 2.62. The first kappa shape index (κ1) is 16.3. The molecule has 1 heterocycles. The lowest BCUT2D eigenvalue weighted by Crippen LogP contribution is -2.42. The number of esters is 1. The van der Waals surface area contributed by atoms with E-state index in [9.17, 15) is 9.90 Å². The minimum absolute atomic E-state index is 0.171. The highest BCUT2D eigenvalue weighted by Gasteiger charge is 2.37. The molecule has 0 aliphatic carbocycles.